The number of rotatable bonds is 4. The fraction of sp³-hybridized carbons (Fsp3) is 0.182. The summed E-state index contributed by atoms with van der Waals surface area (Å²) in [6.07, 6.45) is -0.286. The van der Waals surface area contributed by atoms with Crippen molar-refractivity contribution in [3.05, 3.63) is 24.3 Å². The third-order valence-electron chi connectivity index (χ3n) is 1.97. The molecule has 0 atom stereocenters. The highest BCUT2D eigenvalue weighted by molar-refractivity contribution is 7.90. The molecule has 0 aliphatic heterocycles. The molecule has 8 heteroatoms. The SMILES string of the molecule is CC(=O)NS(=O)(=O)c1ccc(NC(=O)CC#N)cc1. The Morgan fingerprint density at radius 1 is 1.26 bits per heavy atom. The number of amides is 2. The number of carbonyl (C=O) groups is 2. The normalized spacial score (nSPS) is 10.3. The Bertz CT molecular complexity index is 629. The zero-order valence-electron chi connectivity index (χ0n) is 10.0. The first-order chi connectivity index (χ1) is 8.85. The average Bonchev–Trinajstić information content (AvgIpc) is 2.28. The van der Waals surface area contributed by atoms with Gasteiger partial charge in [0.1, 0.15) is 6.42 Å². The number of hydrogen-bond acceptors (Lipinski definition) is 5. The zero-order chi connectivity index (χ0) is 14.5. The molecule has 0 saturated carbocycles. The average molecular weight is 281 g/mol. The van der Waals surface area contributed by atoms with E-state index in [9.17, 15) is 18.0 Å². The highest BCUT2D eigenvalue weighted by atomic mass is 32.2. The number of hydrogen-bond donors (Lipinski definition) is 2. The summed E-state index contributed by atoms with van der Waals surface area (Å²) in [6, 6.07) is 6.91. The summed E-state index contributed by atoms with van der Waals surface area (Å²) in [5.41, 5.74) is 0.363. The predicted molar refractivity (Wildman–Crippen MR) is 66.3 cm³/mol. The Kier molecular flexibility index (Phi) is 4.61. The van der Waals surface area contributed by atoms with Gasteiger partial charge in [-0.05, 0) is 24.3 Å². The number of sulfonamides is 1. The first kappa shape index (κ1) is 14.7. The van der Waals surface area contributed by atoms with Crippen molar-refractivity contribution in [3.8, 4) is 6.07 Å². The summed E-state index contributed by atoms with van der Waals surface area (Å²) in [7, 11) is -3.88. The molecule has 19 heavy (non-hydrogen) atoms. The van der Waals surface area contributed by atoms with E-state index in [0.29, 0.717) is 5.69 Å². The van der Waals surface area contributed by atoms with Gasteiger partial charge in [-0.3, -0.25) is 9.59 Å². The molecule has 0 aliphatic rings. The molecule has 2 amide bonds. The van der Waals surface area contributed by atoms with E-state index in [1.165, 1.54) is 24.3 Å². The van der Waals surface area contributed by atoms with Gasteiger partial charge < -0.3 is 5.32 Å². The van der Waals surface area contributed by atoms with Crippen LogP contribution in [0, 0.1) is 11.3 Å². The van der Waals surface area contributed by atoms with Crippen molar-refractivity contribution in [2.24, 2.45) is 0 Å². The molecule has 0 fully saturated rings. The summed E-state index contributed by atoms with van der Waals surface area (Å²) < 4.78 is 25.1. The topological polar surface area (TPSA) is 116 Å². The standard InChI is InChI=1S/C11H11N3O4S/c1-8(15)14-19(17,18)10-4-2-9(3-5-10)13-11(16)6-7-12/h2-5H,6H2,1H3,(H,13,16)(H,14,15). The molecule has 0 aromatic heterocycles. The van der Waals surface area contributed by atoms with Crippen molar-refractivity contribution in [2.75, 3.05) is 5.32 Å². The summed E-state index contributed by atoms with van der Waals surface area (Å²) in [5, 5.41) is 10.7. The second kappa shape index (κ2) is 5.97. The first-order valence-corrected chi connectivity index (χ1v) is 6.64. The molecule has 0 unspecified atom stereocenters. The van der Waals surface area contributed by atoms with Crippen LogP contribution in [0.5, 0.6) is 0 Å². The molecule has 7 nitrogen and oxygen atoms in total. The maximum Gasteiger partial charge on any atom is 0.264 e. The van der Waals surface area contributed by atoms with Crippen LogP contribution in [-0.4, -0.2) is 20.2 Å². The van der Waals surface area contributed by atoms with E-state index in [0.717, 1.165) is 6.92 Å². The molecule has 100 valence electrons. The van der Waals surface area contributed by atoms with Gasteiger partial charge in [0.25, 0.3) is 10.0 Å². The van der Waals surface area contributed by atoms with E-state index < -0.39 is 21.8 Å². The van der Waals surface area contributed by atoms with Gasteiger partial charge in [0.15, 0.2) is 0 Å². The molecule has 0 bridgehead atoms. The maximum atomic E-state index is 11.6. The van der Waals surface area contributed by atoms with E-state index in [2.05, 4.69) is 5.32 Å². The summed E-state index contributed by atoms with van der Waals surface area (Å²) in [6.45, 7) is 1.09. The van der Waals surface area contributed by atoms with Crippen LogP contribution in [0.3, 0.4) is 0 Å². The van der Waals surface area contributed by atoms with E-state index in [1.807, 2.05) is 4.72 Å². The number of nitrogens with one attached hydrogen (secondary N) is 2. The largest absolute Gasteiger partial charge is 0.325 e. The Hall–Kier alpha value is -2.40. The monoisotopic (exact) mass is 281 g/mol. The van der Waals surface area contributed by atoms with Crippen LogP contribution in [0.1, 0.15) is 13.3 Å². The number of carbonyl (C=O) groups excluding carboxylic acids is 2. The lowest BCUT2D eigenvalue weighted by atomic mass is 10.3. The van der Waals surface area contributed by atoms with E-state index in [1.54, 1.807) is 6.07 Å². The second-order valence-electron chi connectivity index (χ2n) is 3.57. The minimum Gasteiger partial charge on any atom is -0.325 e. The van der Waals surface area contributed by atoms with Gasteiger partial charge >= 0.3 is 0 Å². The molecule has 0 aliphatic carbocycles. The van der Waals surface area contributed by atoms with Crippen LogP contribution in [0.15, 0.2) is 29.2 Å². The lowest BCUT2D eigenvalue weighted by Gasteiger charge is -2.06. The van der Waals surface area contributed by atoms with Crippen LogP contribution in [0.4, 0.5) is 5.69 Å². The van der Waals surface area contributed by atoms with Gasteiger partial charge in [-0.1, -0.05) is 0 Å². The summed E-state index contributed by atoms with van der Waals surface area (Å²) >= 11 is 0. The Morgan fingerprint density at radius 2 is 1.84 bits per heavy atom. The van der Waals surface area contributed by atoms with Gasteiger partial charge in [-0.25, -0.2) is 13.1 Å². The Labute approximate surface area is 110 Å². The van der Waals surface area contributed by atoms with Gasteiger partial charge in [-0.15, -0.1) is 0 Å². The number of anilines is 1. The van der Waals surface area contributed by atoms with E-state index in [4.69, 9.17) is 5.26 Å². The number of nitrogens with zero attached hydrogens (tertiary/aromatic N) is 1. The predicted octanol–water partition coefficient (Wildman–Crippen LogP) is 0.364. The van der Waals surface area contributed by atoms with Crippen molar-refractivity contribution in [1.82, 2.24) is 4.72 Å². The van der Waals surface area contributed by atoms with Crippen molar-refractivity contribution < 1.29 is 18.0 Å². The lowest BCUT2D eigenvalue weighted by Crippen LogP contribution is -2.28. The van der Waals surface area contributed by atoms with Crippen LogP contribution < -0.4 is 10.0 Å². The number of benzene rings is 1. The highest BCUT2D eigenvalue weighted by Crippen LogP contribution is 2.14. The van der Waals surface area contributed by atoms with Crippen LogP contribution in [-0.2, 0) is 19.6 Å². The molecule has 0 saturated heterocycles. The lowest BCUT2D eigenvalue weighted by molar-refractivity contribution is -0.117. The minimum absolute atomic E-state index is 0.0963. The third-order valence-corrected chi connectivity index (χ3v) is 3.42. The fourth-order valence-electron chi connectivity index (χ4n) is 1.24. The second-order valence-corrected chi connectivity index (χ2v) is 5.25. The Balaban J connectivity index is 2.85. The molecule has 1 aromatic carbocycles. The first-order valence-electron chi connectivity index (χ1n) is 5.15. The zero-order valence-corrected chi connectivity index (χ0v) is 10.8. The molecule has 2 N–H and O–H groups in total. The molecule has 0 spiro atoms. The van der Waals surface area contributed by atoms with Crippen LogP contribution in [0.2, 0.25) is 0 Å². The summed E-state index contributed by atoms with van der Waals surface area (Å²) in [4.78, 5) is 21.8. The van der Waals surface area contributed by atoms with Gasteiger partial charge in [-0.2, -0.15) is 5.26 Å². The molecular weight excluding hydrogens is 270 g/mol. The van der Waals surface area contributed by atoms with Crippen LogP contribution >= 0.6 is 0 Å². The van der Waals surface area contributed by atoms with Crippen molar-refractivity contribution in [1.29, 1.82) is 5.26 Å². The highest BCUT2D eigenvalue weighted by Gasteiger charge is 2.15. The van der Waals surface area contributed by atoms with E-state index >= 15 is 0 Å². The van der Waals surface area contributed by atoms with Gasteiger partial charge in [0, 0.05) is 12.6 Å². The quantitative estimate of drug-likeness (QED) is 0.826. The third kappa shape index (κ3) is 4.40. The summed E-state index contributed by atoms with van der Waals surface area (Å²) in [5.74, 6) is -1.17. The van der Waals surface area contributed by atoms with Crippen molar-refractivity contribution in [3.63, 3.8) is 0 Å². The fourth-order valence-corrected chi connectivity index (χ4v) is 2.23. The van der Waals surface area contributed by atoms with Crippen molar-refractivity contribution in [2.45, 2.75) is 18.2 Å². The van der Waals surface area contributed by atoms with Gasteiger partial charge in [0.2, 0.25) is 11.8 Å². The van der Waals surface area contributed by atoms with Gasteiger partial charge in [0.05, 0.1) is 11.0 Å². The minimum atomic E-state index is -3.88. The molecular formula is C11H11N3O4S. The van der Waals surface area contributed by atoms with E-state index in [-0.39, 0.29) is 11.3 Å². The van der Waals surface area contributed by atoms with Crippen molar-refractivity contribution >= 4 is 27.5 Å². The number of nitriles is 1. The smallest absolute Gasteiger partial charge is 0.264 e. The molecule has 0 radical (unpaired) electrons. The molecule has 1 rings (SSSR count). The van der Waals surface area contributed by atoms with Crippen LogP contribution in [0.25, 0.3) is 0 Å². The maximum absolute atomic E-state index is 11.6. The molecule has 0 heterocycles. The molecule has 1 aromatic rings. The Morgan fingerprint density at radius 3 is 2.32 bits per heavy atom.